The molecule has 0 bridgehead atoms. The molecular weight excluding hydrogens is 244 g/mol. The van der Waals surface area contributed by atoms with Crippen LogP contribution in [0.5, 0.6) is 0 Å². The molecule has 0 spiro atoms. The number of thiocarbonyl (C=S) groups is 1. The van der Waals surface area contributed by atoms with Crippen LogP contribution < -0.4 is 11.1 Å². The van der Waals surface area contributed by atoms with Gasteiger partial charge in [-0.25, -0.2) is 0 Å². The van der Waals surface area contributed by atoms with E-state index in [9.17, 15) is 0 Å². The summed E-state index contributed by atoms with van der Waals surface area (Å²) in [4.78, 5) is 0.376. The third kappa shape index (κ3) is 3.91. The Bertz CT molecular complexity index is 418. The summed E-state index contributed by atoms with van der Waals surface area (Å²) in [5.74, 6) is 0.710. The largest absolute Gasteiger partial charge is 0.389 e. The molecule has 0 aliphatic heterocycles. The molecule has 0 atom stereocenters. The van der Waals surface area contributed by atoms with Crippen LogP contribution >= 0.6 is 12.2 Å². The van der Waals surface area contributed by atoms with Crippen molar-refractivity contribution in [1.29, 1.82) is 0 Å². The fourth-order valence-corrected chi connectivity index (χ4v) is 2.04. The predicted octanol–water partition coefficient (Wildman–Crippen LogP) is 2.72. The van der Waals surface area contributed by atoms with Gasteiger partial charge in [-0.2, -0.15) is 5.10 Å². The van der Waals surface area contributed by atoms with Gasteiger partial charge >= 0.3 is 0 Å². The van der Waals surface area contributed by atoms with Gasteiger partial charge in [0.25, 0.3) is 0 Å². The maximum atomic E-state index is 5.76. The fraction of sp³-hybridized carbons (Fsp3) is 0.615. The Kier molecular flexibility index (Phi) is 5.98. The highest BCUT2D eigenvalue weighted by Gasteiger charge is 2.12. The maximum Gasteiger partial charge on any atom is 0.159 e. The molecule has 0 saturated heterocycles. The summed E-state index contributed by atoms with van der Waals surface area (Å²) in [5.41, 5.74) is 8.46. The van der Waals surface area contributed by atoms with Crippen LogP contribution in [0.15, 0.2) is 0 Å². The molecule has 1 heterocycles. The third-order valence-electron chi connectivity index (χ3n) is 3.02. The minimum absolute atomic E-state index is 0.376. The molecule has 0 amide bonds. The molecule has 0 saturated carbocycles. The van der Waals surface area contributed by atoms with Crippen molar-refractivity contribution in [2.45, 2.75) is 46.5 Å². The van der Waals surface area contributed by atoms with Crippen LogP contribution in [0, 0.1) is 13.8 Å². The van der Waals surface area contributed by atoms with E-state index in [1.165, 1.54) is 19.3 Å². The van der Waals surface area contributed by atoms with Gasteiger partial charge in [0.15, 0.2) is 5.82 Å². The Morgan fingerprint density at radius 1 is 1.22 bits per heavy atom. The van der Waals surface area contributed by atoms with E-state index in [0.29, 0.717) is 10.8 Å². The van der Waals surface area contributed by atoms with Gasteiger partial charge in [0, 0.05) is 6.54 Å². The molecule has 1 aromatic heterocycles. The molecule has 0 aromatic carbocycles. The lowest BCUT2D eigenvalue weighted by molar-refractivity contribution is 0.683. The number of aromatic nitrogens is 2. The van der Waals surface area contributed by atoms with E-state index >= 15 is 0 Å². The van der Waals surface area contributed by atoms with E-state index in [1.54, 1.807) is 0 Å². The first kappa shape index (κ1) is 14.8. The fourth-order valence-electron chi connectivity index (χ4n) is 1.79. The minimum atomic E-state index is 0.376. The first-order valence-electron chi connectivity index (χ1n) is 6.45. The van der Waals surface area contributed by atoms with Crippen LogP contribution in [-0.2, 0) is 0 Å². The lowest BCUT2D eigenvalue weighted by Crippen LogP contribution is -2.18. The van der Waals surface area contributed by atoms with Crippen LogP contribution in [0.25, 0.3) is 0 Å². The molecule has 3 N–H and O–H groups in total. The predicted molar refractivity (Wildman–Crippen MR) is 80.0 cm³/mol. The van der Waals surface area contributed by atoms with E-state index < -0.39 is 0 Å². The Morgan fingerprint density at radius 2 is 1.94 bits per heavy atom. The number of rotatable bonds is 7. The van der Waals surface area contributed by atoms with Crippen molar-refractivity contribution in [2.24, 2.45) is 5.73 Å². The minimum Gasteiger partial charge on any atom is -0.389 e. The summed E-state index contributed by atoms with van der Waals surface area (Å²) in [7, 11) is 0. The van der Waals surface area contributed by atoms with Crippen molar-refractivity contribution >= 4 is 23.0 Å². The van der Waals surface area contributed by atoms with Gasteiger partial charge < -0.3 is 11.1 Å². The van der Waals surface area contributed by atoms with Crippen LogP contribution in [0.2, 0.25) is 0 Å². The molecule has 1 aromatic rings. The van der Waals surface area contributed by atoms with Gasteiger partial charge in [0.1, 0.15) is 4.99 Å². The highest BCUT2D eigenvalue weighted by atomic mass is 32.1. The zero-order valence-corrected chi connectivity index (χ0v) is 12.2. The molecule has 0 aliphatic carbocycles. The Labute approximate surface area is 114 Å². The van der Waals surface area contributed by atoms with Crippen LogP contribution in [0.3, 0.4) is 0 Å². The number of nitrogens with one attached hydrogen (secondary N) is 1. The standard InChI is InChI=1S/C13H22N4S/c1-4-5-6-7-8-15-13-11(12(14)18)9(2)10(3)16-17-13/h4-8H2,1-3H3,(H2,14,18)(H,15,17). The van der Waals surface area contributed by atoms with E-state index in [0.717, 1.165) is 29.8 Å². The van der Waals surface area contributed by atoms with Gasteiger partial charge in [-0.15, -0.1) is 5.10 Å². The first-order chi connectivity index (χ1) is 8.57. The number of nitrogens with zero attached hydrogens (tertiary/aromatic N) is 2. The summed E-state index contributed by atoms with van der Waals surface area (Å²) in [6.45, 7) is 6.97. The molecule has 0 radical (unpaired) electrons. The number of anilines is 1. The summed E-state index contributed by atoms with van der Waals surface area (Å²) in [5, 5.41) is 11.5. The SMILES string of the molecule is CCCCCCNc1nnc(C)c(C)c1C(N)=S. The van der Waals surface area contributed by atoms with E-state index in [4.69, 9.17) is 18.0 Å². The van der Waals surface area contributed by atoms with Gasteiger partial charge in [-0.1, -0.05) is 38.4 Å². The molecule has 1 rings (SSSR count). The second-order valence-corrected chi connectivity index (χ2v) is 4.93. The first-order valence-corrected chi connectivity index (χ1v) is 6.86. The molecule has 5 heteroatoms. The number of nitrogens with two attached hydrogens (primary N) is 1. The Morgan fingerprint density at radius 3 is 2.56 bits per heavy atom. The van der Waals surface area contributed by atoms with Crippen molar-refractivity contribution < 1.29 is 0 Å². The van der Waals surface area contributed by atoms with Gasteiger partial charge in [-0.05, 0) is 25.8 Å². The van der Waals surface area contributed by atoms with E-state index in [-0.39, 0.29) is 0 Å². The number of hydrogen-bond donors (Lipinski definition) is 2. The Balaban J connectivity index is 2.70. The lowest BCUT2D eigenvalue weighted by Gasteiger charge is -2.13. The second kappa shape index (κ2) is 7.26. The molecule has 100 valence electrons. The van der Waals surface area contributed by atoms with Crippen molar-refractivity contribution in [3.63, 3.8) is 0 Å². The van der Waals surface area contributed by atoms with Crippen molar-refractivity contribution in [3.05, 3.63) is 16.8 Å². The third-order valence-corrected chi connectivity index (χ3v) is 3.23. The summed E-state index contributed by atoms with van der Waals surface area (Å²) in [6, 6.07) is 0. The van der Waals surface area contributed by atoms with Gasteiger partial charge in [-0.3, -0.25) is 0 Å². The number of unbranched alkanes of at least 4 members (excludes halogenated alkanes) is 3. The highest BCUT2D eigenvalue weighted by molar-refractivity contribution is 7.80. The topological polar surface area (TPSA) is 63.8 Å². The second-order valence-electron chi connectivity index (χ2n) is 4.49. The normalized spacial score (nSPS) is 10.4. The van der Waals surface area contributed by atoms with Crippen LogP contribution in [-0.4, -0.2) is 21.7 Å². The zero-order valence-electron chi connectivity index (χ0n) is 11.4. The molecule has 0 unspecified atom stereocenters. The van der Waals surface area contributed by atoms with Gasteiger partial charge in [0.2, 0.25) is 0 Å². The van der Waals surface area contributed by atoms with Crippen molar-refractivity contribution in [3.8, 4) is 0 Å². The quantitative estimate of drug-likeness (QED) is 0.587. The number of hydrogen-bond acceptors (Lipinski definition) is 4. The average molecular weight is 266 g/mol. The van der Waals surface area contributed by atoms with Crippen LogP contribution in [0.1, 0.15) is 49.4 Å². The molecule has 4 nitrogen and oxygen atoms in total. The van der Waals surface area contributed by atoms with E-state index in [1.807, 2.05) is 13.8 Å². The number of aryl methyl sites for hydroxylation is 1. The lowest BCUT2D eigenvalue weighted by atomic mass is 10.1. The summed E-state index contributed by atoms with van der Waals surface area (Å²) >= 11 is 5.09. The molecule has 18 heavy (non-hydrogen) atoms. The van der Waals surface area contributed by atoms with Crippen LogP contribution in [0.4, 0.5) is 5.82 Å². The van der Waals surface area contributed by atoms with Gasteiger partial charge in [0.05, 0.1) is 11.3 Å². The molecule has 0 aliphatic rings. The zero-order chi connectivity index (χ0) is 13.5. The Hall–Kier alpha value is -1.23. The molecule has 0 fully saturated rings. The summed E-state index contributed by atoms with van der Waals surface area (Å²) < 4.78 is 0. The molecular formula is C13H22N4S. The van der Waals surface area contributed by atoms with E-state index in [2.05, 4.69) is 22.4 Å². The summed E-state index contributed by atoms with van der Waals surface area (Å²) in [6.07, 6.45) is 4.85. The monoisotopic (exact) mass is 266 g/mol. The smallest absolute Gasteiger partial charge is 0.159 e. The maximum absolute atomic E-state index is 5.76. The van der Waals surface area contributed by atoms with Crippen molar-refractivity contribution in [1.82, 2.24) is 10.2 Å². The average Bonchev–Trinajstić information content (AvgIpc) is 2.33. The van der Waals surface area contributed by atoms with Crippen molar-refractivity contribution in [2.75, 3.05) is 11.9 Å². The highest BCUT2D eigenvalue weighted by Crippen LogP contribution is 2.18.